The molecule has 0 spiro atoms. The normalized spacial score (nSPS) is 16.5. The van der Waals surface area contributed by atoms with Crippen molar-refractivity contribution in [3.63, 3.8) is 0 Å². The second kappa shape index (κ2) is 7.37. The Kier molecular flexibility index (Phi) is 5.02. The van der Waals surface area contributed by atoms with Crippen LogP contribution in [-0.2, 0) is 0 Å². The molecule has 0 saturated carbocycles. The number of nitrogens with zero attached hydrogens (tertiary/aromatic N) is 1. The van der Waals surface area contributed by atoms with Crippen molar-refractivity contribution in [3.05, 3.63) is 71.8 Å². The van der Waals surface area contributed by atoms with Crippen LogP contribution in [0.25, 0.3) is 0 Å². The molecule has 0 amide bonds. The first kappa shape index (κ1) is 15.0. The van der Waals surface area contributed by atoms with Crippen molar-refractivity contribution in [1.29, 1.82) is 0 Å². The predicted molar refractivity (Wildman–Crippen MR) is 90.0 cm³/mol. The lowest BCUT2D eigenvalue weighted by Gasteiger charge is -2.28. The van der Waals surface area contributed by atoms with E-state index in [1.165, 1.54) is 18.4 Å². The number of Topliss-reactive ketones (excluding diaryl/α,β-unsaturated/α-hetero) is 1. The van der Waals surface area contributed by atoms with Crippen LogP contribution in [0.4, 0.5) is 0 Å². The van der Waals surface area contributed by atoms with Gasteiger partial charge >= 0.3 is 0 Å². The van der Waals surface area contributed by atoms with Crippen LogP contribution in [0, 0.1) is 0 Å². The van der Waals surface area contributed by atoms with Crippen molar-refractivity contribution in [3.8, 4) is 0 Å². The number of ketones is 1. The Bertz CT molecular complexity index is 588. The summed E-state index contributed by atoms with van der Waals surface area (Å²) in [6.45, 7) is 2.30. The van der Waals surface area contributed by atoms with Crippen LogP contribution in [0.3, 0.4) is 0 Å². The predicted octanol–water partition coefficient (Wildman–Crippen LogP) is 4.49. The standard InChI is InChI=1S/C20H23NO/c22-20(18-11-5-2-6-12-18)14-13-19(21-15-7-8-16-21)17-9-3-1-4-10-17/h1-6,9-12,19H,7-8,13-16H2. The second-order valence-electron chi connectivity index (χ2n) is 6.00. The van der Waals surface area contributed by atoms with Crippen molar-refractivity contribution < 1.29 is 4.79 Å². The SMILES string of the molecule is O=C(CCC(c1ccccc1)N1CCCC1)c1ccccc1. The summed E-state index contributed by atoms with van der Waals surface area (Å²) in [4.78, 5) is 14.9. The van der Waals surface area contributed by atoms with Crippen molar-refractivity contribution in [1.82, 2.24) is 4.90 Å². The van der Waals surface area contributed by atoms with Crippen molar-refractivity contribution in [2.75, 3.05) is 13.1 Å². The molecule has 2 nitrogen and oxygen atoms in total. The molecule has 0 N–H and O–H groups in total. The molecule has 2 heteroatoms. The Morgan fingerprint density at radius 3 is 2.14 bits per heavy atom. The van der Waals surface area contributed by atoms with Crippen LogP contribution < -0.4 is 0 Å². The summed E-state index contributed by atoms with van der Waals surface area (Å²) in [6.07, 6.45) is 4.06. The fourth-order valence-electron chi connectivity index (χ4n) is 3.32. The van der Waals surface area contributed by atoms with Crippen LogP contribution in [0.5, 0.6) is 0 Å². The number of carbonyl (C=O) groups excluding carboxylic acids is 1. The third-order valence-electron chi connectivity index (χ3n) is 4.51. The molecular weight excluding hydrogens is 270 g/mol. The van der Waals surface area contributed by atoms with E-state index in [1.54, 1.807) is 0 Å². The van der Waals surface area contributed by atoms with Crippen molar-refractivity contribution in [2.45, 2.75) is 31.7 Å². The van der Waals surface area contributed by atoms with Crippen LogP contribution in [0.2, 0.25) is 0 Å². The zero-order valence-electron chi connectivity index (χ0n) is 12.9. The van der Waals surface area contributed by atoms with Gasteiger partial charge in [-0.3, -0.25) is 9.69 Å². The van der Waals surface area contributed by atoms with E-state index >= 15 is 0 Å². The molecule has 22 heavy (non-hydrogen) atoms. The summed E-state index contributed by atoms with van der Waals surface area (Å²) in [5.41, 5.74) is 2.17. The Labute approximate surface area is 132 Å². The van der Waals surface area contributed by atoms with Gasteiger partial charge in [-0.25, -0.2) is 0 Å². The number of likely N-dealkylation sites (tertiary alicyclic amines) is 1. The molecular formula is C20H23NO. The number of benzene rings is 2. The average molecular weight is 293 g/mol. The zero-order chi connectivity index (χ0) is 15.2. The van der Waals surface area contributed by atoms with Gasteiger partial charge in [-0.1, -0.05) is 60.7 Å². The summed E-state index contributed by atoms with van der Waals surface area (Å²) < 4.78 is 0. The highest BCUT2D eigenvalue weighted by atomic mass is 16.1. The molecule has 0 aromatic heterocycles. The molecule has 2 aromatic carbocycles. The first-order valence-electron chi connectivity index (χ1n) is 8.22. The highest BCUT2D eigenvalue weighted by Gasteiger charge is 2.24. The number of hydrogen-bond acceptors (Lipinski definition) is 2. The molecule has 114 valence electrons. The third kappa shape index (κ3) is 3.63. The highest BCUT2D eigenvalue weighted by molar-refractivity contribution is 5.95. The minimum Gasteiger partial charge on any atom is -0.296 e. The molecule has 1 aliphatic heterocycles. The lowest BCUT2D eigenvalue weighted by Crippen LogP contribution is -2.26. The van der Waals surface area contributed by atoms with E-state index < -0.39 is 0 Å². The van der Waals surface area contributed by atoms with Gasteiger partial charge in [0.05, 0.1) is 0 Å². The lowest BCUT2D eigenvalue weighted by molar-refractivity contribution is 0.0964. The molecule has 0 bridgehead atoms. The topological polar surface area (TPSA) is 20.3 Å². The first-order chi connectivity index (χ1) is 10.8. The summed E-state index contributed by atoms with van der Waals surface area (Å²) >= 11 is 0. The molecule has 0 aliphatic carbocycles. The van der Waals surface area contributed by atoms with Crippen molar-refractivity contribution >= 4 is 5.78 Å². The monoisotopic (exact) mass is 293 g/mol. The van der Waals surface area contributed by atoms with Gasteiger partial charge in [0, 0.05) is 18.0 Å². The van der Waals surface area contributed by atoms with Gasteiger partial charge < -0.3 is 0 Å². The molecule has 1 unspecified atom stereocenters. The van der Waals surface area contributed by atoms with E-state index in [0.29, 0.717) is 12.5 Å². The maximum Gasteiger partial charge on any atom is 0.162 e. The van der Waals surface area contributed by atoms with Gasteiger partial charge in [-0.2, -0.15) is 0 Å². The smallest absolute Gasteiger partial charge is 0.162 e. The Hall–Kier alpha value is -1.93. The molecule has 1 heterocycles. The molecule has 0 radical (unpaired) electrons. The molecule has 2 aromatic rings. The minimum absolute atomic E-state index is 0.251. The molecule has 1 atom stereocenters. The van der Waals surface area contributed by atoms with Crippen LogP contribution in [0.1, 0.15) is 47.6 Å². The van der Waals surface area contributed by atoms with E-state index in [2.05, 4.69) is 35.2 Å². The summed E-state index contributed by atoms with van der Waals surface area (Å²) in [5.74, 6) is 0.251. The Balaban J connectivity index is 1.69. The van der Waals surface area contributed by atoms with Gasteiger partial charge in [0.2, 0.25) is 0 Å². The molecule has 3 rings (SSSR count). The van der Waals surface area contributed by atoms with Gasteiger partial charge in [0.15, 0.2) is 5.78 Å². The van der Waals surface area contributed by atoms with Crippen LogP contribution in [-0.4, -0.2) is 23.8 Å². The lowest BCUT2D eigenvalue weighted by atomic mass is 9.97. The molecule has 1 fully saturated rings. The summed E-state index contributed by atoms with van der Waals surface area (Å²) in [5, 5.41) is 0. The Morgan fingerprint density at radius 1 is 0.909 bits per heavy atom. The number of rotatable bonds is 6. The Morgan fingerprint density at radius 2 is 1.50 bits per heavy atom. The van der Waals surface area contributed by atoms with Crippen LogP contribution in [0.15, 0.2) is 60.7 Å². The van der Waals surface area contributed by atoms with E-state index in [1.807, 2.05) is 30.3 Å². The van der Waals surface area contributed by atoms with E-state index in [4.69, 9.17) is 0 Å². The minimum atomic E-state index is 0.251. The highest BCUT2D eigenvalue weighted by Crippen LogP contribution is 2.29. The number of carbonyl (C=O) groups is 1. The third-order valence-corrected chi connectivity index (χ3v) is 4.51. The zero-order valence-corrected chi connectivity index (χ0v) is 12.9. The quantitative estimate of drug-likeness (QED) is 0.732. The average Bonchev–Trinajstić information content (AvgIpc) is 3.11. The van der Waals surface area contributed by atoms with Gasteiger partial charge in [0.1, 0.15) is 0 Å². The van der Waals surface area contributed by atoms with E-state index in [0.717, 1.165) is 25.1 Å². The molecule has 1 aliphatic rings. The van der Waals surface area contributed by atoms with E-state index in [9.17, 15) is 4.79 Å². The second-order valence-corrected chi connectivity index (χ2v) is 6.00. The molecule has 1 saturated heterocycles. The van der Waals surface area contributed by atoms with Crippen LogP contribution >= 0.6 is 0 Å². The van der Waals surface area contributed by atoms with Crippen molar-refractivity contribution in [2.24, 2.45) is 0 Å². The van der Waals surface area contributed by atoms with Gasteiger partial charge in [-0.05, 0) is 37.9 Å². The largest absolute Gasteiger partial charge is 0.296 e. The first-order valence-corrected chi connectivity index (χ1v) is 8.22. The van der Waals surface area contributed by atoms with E-state index in [-0.39, 0.29) is 5.78 Å². The maximum absolute atomic E-state index is 12.4. The summed E-state index contributed by atoms with van der Waals surface area (Å²) in [6, 6.07) is 20.6. The van der Waals surface area contributed by atoms with Gasteiger partial charge in [0.25, 0.3) is 0 Å². The van der Waals surface area contributed by atoms with Gasteiger partial charge in [-0.15, -0.1) is 0 Å². The number of hydrogen-bond donors (Lipinski definition) is 0. The summed E-state index contributed by atoms with van der Waals surface area (Å²) in [7, 11) is 0. The fraction of sp³-hybridized carbons (Fsp3) is 0.350. The maximum atomic E-state index is 12.4. The fourth-order valence-corrected chi connectivity index (χ4v) is 3.32.